The zero-order chi connectivity index (χ0) is 9.84. The van der Waals surface area contributed by atoms with Crippen molar-refractivity contribution in [1.29, 1.82) is 0 Å². The van der Waals surface area contributed by atoms with E-state index in [0.29, 0.717) is 5.82 Å². The monoisotopic (exact) mass is 222 g/mol. The van der Waals surface area contributed by atoms with Gasteiger partial charge in [0, 0.05) is 0 Å². The van der Waals surface area contributed by atoms with E-state index in [4.69, 9.17) is 22.4 Å². The Morgan fingerprint density at radius 3 is 2.92 bits per heavy atom. The van der Waals surface area contributed by atoms with Crippen molar-refractivity contribution in [1.82, 2.24) is 8.75 Å². The summed E-state index contributed by atoms with van der Waals surface area (Å²) < 4.78 is 7.45. The van der Waals surface area contributed by atoms with Crippen LogP contribution in [0.25, 0.3) is 0 Å². The fourth-order valence-corrected chi connectivity index (χ4v) is 1.26. The lowest BCUT2D eigenvalue weighted by molar-refractivity contribution is -0.125. The average Bonchev–Trinajstić information content (AvgIpc) is 2.47. The summed E-state index contributed by atoms with van der Waals surface area (Å²) in [5.74, 6) is -0.459. The summed E-state index contributed by atoms with van der Waals surface area (Å²) in [5, 5.41) is 11.8. The van der Waals surface area contributed by atoms with E-state index >= 15 is 0 Å². The Labute approximate surface area is 83.0 Å². The minimum absolute atomic E-state index is 0.0273. The number of primary amides is 1. The van der Waals surface area contributed by atoms with Gasteiger partial charge in [0.25, 0.3) is 0 Å². The normalized spacial score (nSPS) is 12.5. The summed E-state index contributed by atoms with van der Waals surface area (Å²) in [6, 6.07) is 0. The molecule has 1 unspecified atom stereocenters. The minimum Gasteiger partial charge on any atom is -0.381 e. The Morgan fingerprint density at radius 2 is 2.46 bits per heavy atom. The van der Waals surface area contributed by atoms with Crippen LogP contribution in [0.2, 0.25) is 5.15 Å². The Balaban J connectivity index is 2.44. The number of aliphatic hydroxyl groups excluding tert-OH is 1. The molecule has 0 aliphatic heterocycles. The van der Waals surface area contributed by atoms with Gasteiger partial charge in [-0.2, -0.15) is 8.75 Å². The number of aromatic nitrogens is 2. The van der Waals surface area contributed by atoms with Gasteiger partial charge >= 0.3 is 0 Å². The molecule has 0 aliphatic rings. The lowest BCUT2D eigenvalue weighted by Gasteiger charge is -2.06. The van der Waals surface area contributed by atoms with Crippen molar-refractivity contribution in [2.45, 2.75) is 6.10 Å². The highest BCUT2D eigenvalue weighted by atomic mass is 35.5. The van der Waals surface area contributed by atoms with Gasteiger partial charge in [0.2, 0.25) is 5.91 Å². The number of halogens is 1. The molecule has 0 fully saturated rings. The number of nitrogens with two attached hydrogens (primary N) is 1. The smallest absolute Gasteiger partial charge is 0.248 e. The van der Waals surface area contributed by atoms with Crippen LogP contribution in [-0.2, 0) is 4.79 Å². The first-order valence-corrected chi connectivity index (χ1v) is 4.41. The fraction of sp³-hybridized carbons (Fsp3) is 0.400. The number of nitrogens with zero attached hydrogens (tertiary/aromatic N) is 2. The van der Waals surface area contributed by atoms with Crippen LogP contribution in [0.15, 0.2) is 0 Å². The topological polar surface area (TPSA) is 101 Å². The largest absolute Gasteiger partial charge is 0.381 e. The predicted molar refractivity (Wildman–Crippen MR) is 48.6 cm³/mol. The number of hydrogen-bond donors (Lipinski definition) is 3. The number of carbonyl (C=O) groups is 1. The summed E-state index contributed by atoms with van der Waals surface area (Å²) in [7, 11) is 0. The van der Waals surface area contributed by atoms with Crippen molar-refractivity contribution in [3.63, 3.8) is 0 Å². The molecule has 0 aliphatic carbocycles. The van der Waals surface area contributed by atoms with E-state index in [1.807, 2.05) is 0 Å². The molecule has 0 bridgehead atoms. The number of anilines is 1. The van der Waals surface area contributed by atoms with Crippen molar-refractivity contribution >= 4 is 35.1 Å². The lowest BCUT2D eigenvalue weighted by Crippen LogP contribution is -2.34. The second kappa shape index (κ2) is 4.35. The molecule has 1 heterocycles. The lowest BCUT2D eigenvalue weighted by atomic mass is 10.3. The van der Waals surface area contributed by atoms with Crippen LogP contribution in [-0.4, -0.2) is 32.4 Å². The molecule has 4 N–H and O–H groups in total. The molecule has 72 valence electrons. The highest BCUT2D eigenvalue weighted by molar-refractivity contribution is 6.99. The van der Waals surface area contributed by atoms with Crippen molar-refractivity contribution in [2.24, 2.45) is 5.73 Å². The van der Waals surface area contributed by atoms with Gasteiger partial charge in [-0.1, -0.05) is 11.6 Å². The van der Waals surface area contributed by atoms with Crippen LogP contribution in [0.1, 0.15) is 0 Å². The van der Waals surface area contributed by atoms with E-state index in [2.05, 4.69) is 14.1 Å². The molecule has 0 spiro atoms. The predicted octanol–water partition coefficient (Wildman–Crippen LogP) is -0.550. The molecular formula is C5H7ClN4O2S. The van der Waals surface area contributed by atoms with E-state index in [-0.39, 0.29) is 11.7 Å². The number of nitrogens with one attached hydrogen (secondary N) is 1. The molecule has 1 aromatic rings. The van der Waals surface area contributed by atoms with E-state index in [0.717, 1.165) is 11.7 Å². The first-order valence-electron chi connectivity index (χ1n) is 3.30. The van der Waals surface area contributed by atoms with Crippen LogP contribution >= 0.6 is 23.3 Å². The Morgan fingerprint density at radius 1 is 1.77 bits per heavy atom. The summed E-state index contributed by atoms with van der Waals surface area (Å²) in [4.78, 5) is 10.4. The molecule has 1 atom stereocenters. The van der Waals surface area contributed by atoms with Gasteiger partial charge in [0.15, 0.2) is 11.0 Å². The Kier molecular flexibility index (Phi) is 3.40. The summed E-state index contributed by atoms with van der Waals surface area (Å²) >= 11 is 6.51. The maximum absolute atomic E-state index is 10.4. The minimum atomic E-state index is -1.25. The highest BCUT2D eigenvalue weighted by Gasteiger charge is 2.12. The first kappa shape index (κ1) is 10.2. The van der Waals surface area contributed by atoms with Crippen molar-refractivity contribution < 1.29 is 9.90 Å². The SMILES string of the molecule is NC(=O)C(O)CNc1nsnc1Cl. The van der Waals surface area contributed by atoms with E-state index in [1.165, 1.54) is 0 Å². The summed E-state index contributed by atoms with van der Waals surface area (Å²) in [6.45, 7) is -0.0273. The van der Waals surface area contributed by atoms with Crippen LogP contribution in [0.3, 0.4) is 0 Å². The third-order valence-corrected chi connectivity index (χ3v) is 2.13. The zero-order valence-electron chi connectivity index (χ0n) is 6.40. The second-order valence-electron chi connectivity index (χ2n) is 2.20. The Hall–Kier alpha value is -0.920. The molecule has 6 nitrogen and oxygen atoms in total. The molecule has 13 heavy (non-hydrogen) atoms. The third-order valence-electron chi connectivity index (χ3n) is 1.24. The van der Waals surface area contributed by atoms with Gasteiger partial charge in [-0.15, -0.1) is 0 Å². The van der Waals surface area contributed by atoms with E-state index in [9.17, 15) is 4.79 Å². The fourth-order valence-electron chi connectivity index (χ4n) is 0.577. The van der Waals surface area contributed by atoms with Crippen molar-refractivity contribution in [3.8, 4) is 0 Å². The molecule has 1 amide bonds. The quantitative estimate of drug-likeness (QED) is 0.635. The molecule has 0 saturated heterocycles. The number of carbonyl (C=O) groups excluding carboxylic acids is 1. The third kappa shape index (κ3) is 2.79. The van der Waals surface area contributed by atoms with Gasteiger partial charge in [0.05, 0.1) is 18.3 Å². The standard InChI is InChI=1S/C5H7ClN4O2S/c6-3-5(10-13-9-3)8-1-2(11)4(7)12/h2,11H,1H2,(H2,7,12)(H,8,10). The number of amides is 1. The highest BCUT2D eigenvalue weighted by Crippen LogP contribution is 2.17. The number of rotatable bonds is 4. The van der Waals surface area contributed by atoms with Crippen LogP contribution in [0.4, 0.5) is 5.82 Å². The van der Waals surface area contributed by atoms with Crippen LogP contribution < -0.4 is 11.1 Å². The van der Waals surface area contributed by atoms with Crippen molar-refractivity contribution in [2.75, 3.05) is 11.9 Å². The molecule has 1 rings (SSSR count). The molecule has 0 aromatic carbocycles. The Bertz CT molecular complexity index is 304. The molecule has 0 radical (unpaired) electrons. The van der Waals surface area contributed by atoms with Gasteiger partial charge in [-0.3, -0.25) is 4.79 Å². The summed E-state index contributed by atoms with van der Waals surface area (Å²) in [6.07, 6.45) is -1.25. The van der Waals surface area contributed by atoms with Crippen LogP contribution in [0.5, 0.6) is 0 Å². The van der Waals surface area contributed by atoms with E-state index in [1.54, 1.807) is 0 Å². The summed E-state index contributed by atoms with van der Waals surface area (Å²) in [5.41, 5.74) is 4.82. The number of hydrogen-bond acceptors (Lipinski definition) is 6. The first-order chi connectivity index (χ1) is 6.11. The molecular weight excluding hydrogens is 216 g/mol. The number of aliphatic hydroxyl groups is 1. The van der Waals surface area contributed by atoms with E-state index < -0.39 is 12.0 Å². The van der Waals surface area contributed by atoms with Gasteiger partial charge in [-0.05, 0) is 0 Å². The maximum Gasteiger partial charge on any atom is 0.248 e. The molecule has 0 saturated carbocycles. The van der Waals surface area contributed by atoms with Gasteiger partial charge in [-0.25, -0.2) is 0 Å². The second-order valence-corrected chi connectivity index (χ2v) is 3.09. The van der Waals surface area contributed by atoms with Crippen molar-refractivity contribution in [3.05, 3.63) is 5.15 Å². The molecule has 8 heteroatoms. The van der Waals surface area contributed by atoms with Gasteiger partial charge < -0.3 is 16.2 Å². The maximum atomic E-state index is 10.4. The van der Waals surface area contributed by atoms with Crippen LogP contribution in [0, 0.1) is 0 Å². The molecule has 1 aromatic heterocycles. The van der Waals surface area contributed by atoms with Gasteiger partial charge in [0.1, 0.15) is 6.10 Å². The average molecular weight is 223 g/mol. The zero-order valence-corrected chi connectivity index (χ0v) is 7.97.